The summed E-state index contributed by atoms with van der Waals surface area (Å²) in [7, 11) is 1.94. The predicted molar refractivity (Wildman–Crippen MR) is 98.0 cm³/mol. The van der Waals surface area contributed by atoms with E-state index in [9.17, 15) is 13.2 Å². The van der Waals surface area contributed by atoms with E-state index in [4.69, 9.17) is 16.3 Å². The van der Waals surface area contributed by atoms with Crippen molar-refractivity contribution in [1.82, 2.24) is 20.2 Å². The normalized spacial score (nSPS) is 12.1. The zero-order valence-corrected chi connectivity index (χ0v) is 15.7. The highest BCUT2D eigenvalue weighted by Gasteiger charge is 2.31. The molecule has 27 heavy (non-hydrogen) atoms. The molecule has 0 spiro atoms. The highest BCUT2D eigenvalue weighted by molar-refractivity contribution is 6.31. The van der Waals surface area contributed by atoms with E-state index in [1.54, 1.807) is 0 Å². The van der Waals surface area contributed by atoms with E-state index in [0.717, 1.165) is 11.6 Å². The fourth-order valence-electron chi connectivity index (χ4n) is 2.17. The van der Waals surface area contributed by atoms with Gasteiger partial charge in [0.05, 0.1) is 18.7 Å². The lowest BCUT2D eigenvalue weighted by Crippen LogP contribution is -2.39. The van der Waals surface area contributed by atoms with E-state index >= 15 is 0 Å². The van der Waals surface area contributed by atoms with Gasteiger partial charge in [0.15, 0.2) is 5.96 Å². The fourth-order valence-corrected chi connectivity index (χ4v) is 2.39. The first-order valence-electron chi connectivity index (χ1n) is 8.28. The van der Waals surface area contributed by atoms with Gasteiger partial charge in [0, 0.05) is 32.2 Å². The van der Waals surface area contributed by atoms with Gasteiger partial charge in [0.25, 0.3) is 0 Å². The molecule has 0 amide bonds. The second-order valence-electron chi connectivity index (χ2n) is 5.66. The number of alkyl halides is 3. The van der Waals surface area contributed by atoms with Crippen LogP contribution in [0.25, 0.3) is 0 Å². The molecule has 0 radical (unpaired) electrons. The van der Waals surface area contributed by atoms with E-state index in [-0.39, 0.29) is 17.5 Å². The number of halogens is 4. The average molecular weight is 404 g/mol. The van der Waals surface area contributed by atoms with Crippen LogP contribution in [0.2, 0.25) is 5.02 Å². The Morgan fingerprint density at radius 1 is 1.37 bits per heavy atom. The van der Waals surface area contributed by atoms with Gasteiger partial charge < -0.3 is 19.9 Å². The molecule has 0 aliphatic rings. The molecule has 0 aromatic carbocycles. The van der Waals surface area contributed by atoms with Crippen LogP contribution in [-0.2, 0) is 19.8 Å². The minimum atomic E-state index is -4.49. The highest BCUT2D eigenvalue weighted by Crippen LogP contribution is 2.32. The molecule has 0 saturated heterocycles. The number of nitrogens with zero attached hydrogens (tertiary/aromatic N) is 3. The molecular weight excluding hydrogens is 383 g/mol. The van der Waals surface area contributed by atoms with E-state index in [2.05, 4.69) is 20.6 Å². The van der Waals surface area contributed by atoms with Crippen molar-refractivity contribution >= 4 is 17.6 Å². The van der Waals surface area contributed by atoms with Gasteiger partial charge in [-0.2, -0.15) is 13.2 Å². The third-order valence-electron chi connectivity index (χ3n) is 3.43. The number of aryl methyl sites for hydroxylation is 1. The third-order valence-corrected chi connectivity index (χ3v) is 3.70. The lowest BCUT2D eigenvalue weighted by molar-refractivity contribution is -0.137. The molecular formula is C17H21ClF3N5O. The molecule has 0 atom stereocenters. The van der Waals surface area contributed by atoms with Crippen molar-refractivity contribution in [2.45, 2.75) is 19.6 Å². The Labute approximate surface area is 160 Å². The fraction of sp³-hybridized carbons (Fsp3) is 0.412. The second kappa shape index (κ2) is 9.50. The Kier molecular flexibility index (Phi) is 7.35. The molecule has 10 heteroatoms. The summed E-state index contributed by atoms with van der Waals surface area (Å²) in [4.78, 5) is 8.08. The maximum atomic E-state index is 12.6. The van der Waals surface area contributed by atoms with Crippen molar-refractivity contribution in [1.29, 1.82) is 0 Å². The molecule has 0 aliphatic heterocycles. The number of pyridine rings is 1. The number of guanidine groups is 1. The van der Waals surface area contributed by atoms with Crippen LogP contribution in [-0.4, -0.2) is 35.2 Å². The number of rotatable bonds is 7. The smallest absolute Gasteiger partial charge is 0.417 e. The van der Waals surface area contributed by atoms with Gasteiger partial charge in [0.1, 0.15) is 11.6 Å². The summed E-state index contributed by atoms with van der Waals surface area (Å²) in [6, 6.07) is 2.77. The van der Waals surface area contributed by atoms with Gasteiger partial charge in [-0.1, -0.05) is 11.6 Å². The summed E-state index contributed by atoms with van der Waals surface area (Å²) in [5, 5.41) is 6.00. The van der Waals surface area contributed by atoms with Gasteiger partial charge in [-0.25, -0.2) is 9.98 Å². The maximum Gasteiger partial charge on any atom is 0.417 e. The number of hydrogen-bond acceptors (Lipinski definition) is 3. The van der Waals surface area contributed by atoms with Crippen molar-refractivity contribution in [3.05, 3.63) is 46.9 Å². The van der Waals surface area contributed by atoms with E-state index in [1.807, 2.05) is 37.0 Å². The Hall–Kier alpha value is -2.42. The molecule has 0 saturated carbocycles. The van der Waals surface area contributed by atoms with Gasteiger partial charge in [-0.05, 0) is 24.6 Å². The summed E-state index contributed by atoms with van der Waals surface area (Å²) in [6.07, 6.45) is 0.126. The Bertz CT molecular complexity index is 776. The van der Waals surface area contributed by atoms with Crippen molar-refractivity contribution in [2.75, 3.05) is 19.7 Å². The molecule has 0 unspecified atom stereocenters. The molecule has 2 N–H and O–H groups in total. The first-order chi connectivity index (χ1) is 12.8. The number of hydrogen-bond donors (Lipinski definition) is 2. The third kappa shape index (κ3) is 6.67. The summed E-state index contributed by atoms with van der Waals surface area (Å²) < 4.78 is 45.1. The molecule has 148 valence electrons. The van der Waals surface area contributed by atoms with Crippen LogP contribution in [0.4, 0.5) is 13.2 Å². The van der Waals surface area contributed by atoms with Crippen molar-refractivity contribution in [3.8, 4) is 5.88 Å². The first-order valence-corrected chi connectivity index (χ1v) is 8.66. The lowest BCUT2D eigenvalue weighted by Gasteiger charge is -2.13. The van der Waals surface area contributed by atoms with Crippen LogP contribution in [0.15, 0.2) is 35.7 Å². The quantitative estimate of drug-likeness (QED) is 0.423. The van der Waals surface area contributed by atoms with Crippen LogP contribution in [0.5, 0.6) is 5.88 Å². The molecule has 6 nitrogen and oxygen atoms in total. The minimum absolute atomic E-state index is 0.0438. The van der Waals surface area contributed by atoms with Crippen molar-refractivity contribution < 1.29 is 17.9 Å². The topological polar surface area (TPSA) is 63.5 Å². The Balaban J connectivity index is 1.84. The predicted octanol–water partition coefficient (Wildman–Crippen LogP) is 3.23. The van der Waals surface area contributed by atoms with Crippen molar-refractivity contribution in [3.63, 3.8) is 0 Å². The summed E-state index contributed by atoms with van der Waals surface area (Å²) in [5.41, 5.74) is 0.159. The first kappa shape index (κ1) is 20.9. The molecule has 2 rings (SSSR count). The number of aromatic nitrogens is 2. The van der Waals surface area contributed by atoms with Gasteiger partial charge in [0.2, 0.25) is 5.88 Å². The molecule has 0 bridgehead atoms. The zero-order chi connectivity index (χ0) is 19.9. The Morgan fingerprint density at radius 2 is 2.15 bits per heavy atom. The van der Waals surface area contributed by atoms with Gasteiger partial charge in [-0.3, -0.25) is 0 Å². The van der Waals surface area contributed by atoms with E-state index in [1.165, 1.54) is 0 Å². The largest absolute Gasteiger partial charge is 0.475 e. The molecule has 2 aromatic rings. The maximum absolute atomic E-state index is 12.6. The number of aliphatic imine (C=N–C) groups is 1. The number of ether oxygens (including phenoxy) is 1. The Morgan fingerprint density at radius 3 is 2.74 bits per heavy atom. The minimum Gasteiger partial charge on any atom is -0.475 e. The van der Waals surface area contributed by atoms with Crippen LogP contribution in [0.1, 0.15) is 18.1 Å². The van der Waals surface area contributed by atoms with Crippen LogP contribution in [0, 0.1) is 0 Å². The monoisotopic (exact) mass is 403 g/mol. The van der Waals surface area contributed by atoms with Gasteiger partial charge in [-0.15, -0.1) is 0 Å². The van der Waals surface area contributed by atoms with E-state index < -0.39 is 11.7 Å². The van der Waals surface area contributed by atoms with Crippen LogP contribution < -0.4 is 15.4 Å². The summed E-state index contributed by atoms with van der Waals surface area (Å²) in [6.45, 7) is 3.69. The average Bonchev–Trinajstić information content (AvgIpc) is 3.02. The summed E-state index contributed by atoms with van der Waals surface area (Å²) in [5.74, 6) is 0.564. The molecule has 0 fully saturated rings. The molecule has 2 aromatic heterocycles. The van der Waals surface area contributed by atoms with Crippen LogP contribution in [0.3, 0.4) is 0 Å². The van der Waals surface area contributed by atoms with Crippen molar-refractivity contribution in [2.24, 2.45) is 12.0 Å². The van der Waals surface area contributed by atoms with E-state index in [0.29, 0.717) is 31.8 Å². The standard InChI is InChI=1S/C17H21ClF3N5O/c1-3-22-16(25-9-12-4-6-26(2)11-12)23-5-7-27-15-14(18)8-13(10-24-15)17(19,20)21/h4,6,8,10-11H,3,5,7,9H2,1-2H3,(H2,22,23,25). The second-order valence-corrected chi connectivity index (χ2v) is 6.07. The molecule has 0 aliphatic carbocycles. The SMILES string of the molecule is CCNC(=NCc1ccn(C)c1)NCCOc1ncc(C(F)(F)F)cc1Cl. The van der Waals surface area contributed by atoms with Crippen LogP contribution >= 0.6 is 11.6 Å². The summed E-state index contributed by atoms with van der Waals surface area (Å²) >= 11 is 5.80. The lowest BCUT2D eigenvalue weighted by atomic mass is 10.3. The highest BCUT2D eigenvalue weighted by atomic mass is 35.5. The zero-order valence-electron chi connectivity index (χ0n) is 15.0. The number of nitrogens with one attached hydrogen (secondary N) is 2. The molecule has 2 heterocycles. The van der Waals surface area contributed by atoms with Gasteiger partial charge >= 0.3 is 6.18 Å².